The molecule has 0 spiro atoms. The van der Waals surface area contributed by atoms with Gasteiger partial charge >= 0.3 is 0 Å². The van der Waals surface area contributed by atoms with Gasteiger partial charge in [-0.2, -0.15) is 0 Å². The summed E-state index contributed by atoms with van der Waals surface area (Å²) in [4.78, 5) is 24.3. The SMILES string of the molecule is C[C@@H](c1ccccn1)[C@@]1(N)CCCN(c2cnc(-c3ccc(F)c(F)c3)cc2Cn2cnc3c(N)ncnc32)C1. The zero-order chi connectivity index (χ0) is 27.9. The number of nitrogen functional groups attached to an aromatic ring is 1. The molecule has 1 fully saturated rings. The Morgan fingerprint density at radius 3 is 2.70 bits per heavy atom. The molecule has 0 radical (unpaired) electrons. The smallest absolute Gasteiger partial charge is 0.165 e. The van der Waals surface area contributed by atoms with Crippen molar-refractivity contribution in [2.45, 2.75) is 37.8 Å². The zero-order valence-corrected chi connectivity index (χ0v) is 22.0. The van der Waals surface area contributed by atoms with E-state index in [2.05, 4.69) is 36.7 Å². The van der Waals surface area contributed by atoms with Gasteiger partial charge in [0.2, 0.25) is 0 Å². The lowest BCUT2D eigenvalue weighted by Gasteiger charge is -2.45. The van der Waals surface area contributed by atoms with Crippen LogP contribution in [-0.2, 0) is 6.54 Å². The number of aromatic nitrogens is 6. The Hall–Kier alpha value is -4.51. The van der Waals surface area contributed by atoms with Crippen molar-refractivity contribution in [2.24, 2.45) is 5.73 Å². The molecule has 1 aromatic carbocycles. The molecular formula is C29H29F2N9. The fourth-order valence-electron chi connectivity index (χ4n) is 5.51. The topological polar surface area (TPSA) is 125 Å². The molecule has 0 aliphatic carbocycles. The van der Waals surface area contributed by atoms with Crippen molar-refractivity contribution in [3.05, 3.63) is 90.4 Å². The summed E-state index contributed by atoms with van der Waals surface area (Å²) in [7, 11) is 0. The molecule has 1 saturated heterocycles. The van der Waals surface area contributed by atoms with Crippen LogP contribution < -0.4 is 16.4 Å². The molecule has 40 heavy (non-hydrogen) atoms. The van der Waals surface area contributed by atoms with Crippen LogP contribution in [0, 0.1) is 11.6 Å². The molecule has 1 aliphatic rings. The first-order valence-electron chi connectivity index (χ1n) is 13.1. The van der Waals surface area contributed by atoms with Gasteiger partial charge in [-0.3, -0.25) is 9.97 Å². The number of nitrogens with two attached hydrogens (primary N) is 2. The maximum absolute atomic E-state index is 14.1. The van der Waals surface area contributed by atoms with E-state index in [-0.39, 0.29) is 5.92 Å². The molecule has 4 aromatic heterocycles. The van der Waals surface area contributed by atoms with Gasteiger partial charge < -0.3 is 20.9 Å². The van der Waals surface area contributed by atoms with E-state index in [0.717, 1.165) is 48.5 Å². The summed E-state index contributed by atoms with van der Waals surface area (Å²) in [5, 5.41) is 0. The largest absolute Gasteiger partial charge is 0.382 e. The maximum Gasteiger partial charge on any atom is 0.165 e. The van der Waals surface area contributed by atoms with Gasteiger partial charge in [-0.25, -0.2) is 23.7 Å². The highest BCUT2D eigenvalue weighted by atomic mass is 19.2. The number of piperidine rings is 1. The molecule has 0 unspecified atom stereocenters. The second-order valence-corrected chi connectivity index (χ2v) is 10.4. The highest BCUT2D eigenvalue weighted by Crippen LogP contribution is 2.36. The lowest BCUT2D eigenvalue weighted by atomic mass is 9.77. The van der Waals surface area contributed by atoms with Gasteiger partial charge in [0.25, 0.3) is 0 Å². The normalized spacial score (nSPS) is 18.2. The first-order chi connectivity index (χ1) is 19.3. The number of halogens is 2. The van der Waals surface area contributed by atoms with Gasteiger partial charge in [0.1, 0.15) is 11.8 Å². The number of hydrogen-bond donors (Lipinski definition) is 2. The Morgan fingerprint density at radius 2 is 1.90 bits per heavy atom. The third-order valence-electron chi connectivity index (χ3n) is 7.84. The number of benzene rings is 1. The summed E-state index contributed by atoms with van der Waals surface area (Å²) in [6, 6.07) is 11.6. The second kappa shape index (κ2) is 10.2. The van der Waals surface area contributed by atoms with Crippen LogP contribution in [-0.4, -0.2) is 48.1 Å². The van der Waals surface area contributed by atoms with E-state index in [4.69, 9.17) is 11.5 Å². The molecule has 6 rings (SSSR count). The van der Waals surface area contributed by atoms with Crippen LogP contribution in [0.15, 0.2) is 67.5 Å². The van der Waals surface area contributed by atoms with Crippen molar-refractivity contribution < 1.29 is 8.78 Å². The van der Waals surface area contributed by atoms with Crippen molar-refractivity contribution in [3.63, 3.8) is 0 Å². The Balaban J connectivity index is 1.40. The van der Waals surface area contributed by atoms with Crippen molar-refractivity contribution >= 4 is 22.7 Å². The van der Waals surface area contributed by atoms with E-state index in [1.807, 2.05) is 28.8 Å². The highest BCUT2D eigenvalue weighted by molar-refractivity contribution is 5.81. The van der Waals surface area contributed by atoms with Crippen LogP contribution in [0.1, 0.15) is 36.9 Å². The summed E-state index contributed by atoms with van der Waals surface area (Å²) < 4.78 is 29.6. The van der Waals surface area contributed by atoms with Crippen LogP contribution >= 0.6 is 0 Å². The molecule has 0 amide bonds. The Labute approximate surface area is 229 Å². The van der Waals surface area contributed by atoms with E-state index >= 15 is 0 Å². The minimum absolute atomic E-state index is 0.0339. The summed E-state index contributed by atoms with van der Waals surface area (Å²) in [6.07, 6.45) is 8.41. The maximum atomic E-state index is 14.1. The van der Waals surface area contributed by atoms with Crippen molar-refractivity contribution in [1.82, 2.24) is 29.5 Å². The molecule has 9 nitrogen and oxygen atoms in total. The van der Waals surface area contributed by atoms with Gasteiger partial charge in [0.05, 0.1) is 30.5 Å². The number of nitrogens with zero attached hydrogens (tertiary/aromatic N) is 7. The second-order valence-electron chi connectivity index (χ2n) is 10.4. The van der Waals surface area contributed by atoms with E-state index in [1.165, 1.54) is 12.4 Å². The molecule has 204 valence electrons. The summed E-state index contributed by atoms with van der Waals surface area (Å²) >= 11 is 0. The average molecular weight is 542 g/mol. The summed E-state index contributed by atoms with van der Waals surface area (Å²) in [6.45, 7) is 3.92. The molecular weight excluding hydrogens is 512 g/mol. The number of pyridine rings is 2. The number of fused-ring (bicyclic) bond motifs is 1. The number of imidazole rings is 1. The molecule has 4 N–H and O–H groups in total. The zero-order valence-electron chi connectivity index (χ0n) is 22.0. The molecule has 2 atom stereocenters. The van der Waals surface area contributed by atoms with Crippen LogP contribution in [0.3, 0.4) is 0 Å². The lowest BCUT2D eigenvalue weighted by molar-refractivity contribution is 0.294. The highest BCUT2D eigenvalue weighted by Gasteiger charge is 2.38. The quantitative estimate of drug-likeness (QED) is 0.326. The van der Waals surface area contributed by atoms with Crippen LogP contribution in [0.4, 0.5) is 20.3 Å². The molecule has 0 saturated carbocycles. The van der Waals surface area contributed by atoms with E-state index < -0.39 is 17.2 Å². The minimum Gasteiger partial charge on any atom is -0.382 e. The van der Waals surface area contributed by atoms with E-state index in [9.17, 15) is 8.78 Å². The molecule has 5 aromatic rings. The van der Waals surface area contributed by atoms with Gasteiger partial charge in [-0.15, -0.1) is 0 Å². The fourth-order valence-corrected chi connectivity index (χ4v) is 5.51. The molecule has 11 heteroatoms. The Bertz CT molecular complexity index is 1670. The lowest BCUT2D eigenvalue weighted by Crippen LogP contribution is -2.57. The number of hydrogen-bond acceptors (Lipinski definition) is 8. The number of rotatable bonds is 6. The van der Waals surface area contributed by atoms with Gasteiger partial charge in [0, 0.05) is 42.0 Å². The third-order valence-corrected chi connectivity index (χ3v) is 7.84. The first kappa shape index (κ1) is 25.8. The first-order valence-corrected chi connectivity index (χ1v) is 13.1. The van der Waals surface area contributed by atoms with Crippen LogP contribution in [0.2, 0.25) is 0 Å². The minimum atomic E-state index is -0.926. The molecule has 1 aliphatic heterocycles. The fraction of sp³-hybridized carbons (Fsp3) is 0.276. The molecule has 5 heterocycles. The standard InChI is InChI=1S/C29H29F2N9/c1-18(23-5-2-3-9-34-23)29(33)8-4-10-39(15-29)25-13-35-24(19-6-7-21(30)22(31)11-19)12-20(25)14-40-17-38-26-27(32)36-16-37-28(26)40/h2-3,5-7,9,11-13,16-18H,4,8,10,14-15,33H2,1H3,(H2,32,36,37)/t18-,29+/m0/s1. The summed E-state index contributed by atoms with van der Waals surface area (Å²) in [5.41, 5.74) is 17.4. The predicted octanol–water partition coefficient (Wildman–Crippen LogP) is 4.29. The van der Waals surface area contributed by atoms with E-state index in [1.54, 1.807) is 18.7 Å². The van der Waals surface area contributed by atoms with Gasteiger partial charge in [0.15, 0.2) is 23.1 Å². The Kier molecular flexibility index (Phi) is 6.59. The third kappa shape index (κ3) is 4.73. The van der Waals surface area contributed by atoms with Crippen molar-refractivity contribution in [1.29, 1.82) is 0 Å². The van der Waals surface area contributed by atoms with Gasteiger partial charge in [-0.05, 0) is 54.8 Å². The Morgan fingerprint density at radius 1 is 1.02 bits per heavy atom. The van der Waals surface area contributed by atoms with E-state index in [0.29, 0.717) is 41.3 Å². The van der Waals surface area contributed by atoms with Gasteiger partial charge in [-0.1, -0.05) is 13.0 Å². The summed E-state index contributed by atoms with van der Waals surface area (Å²) in [5.74, 6) is -1.50. The molecule has 0 bridgehead atoms. The van der Waals surface area contributed by atoms with Crippen LogP contribution in [0.25, 0.3) is 22.4 Å². The van der Waals surface area contributed by atoms with Crippen molar-refractivity contribution in [2.75, 3.05) is 23.7 Å². The van der Waals surface area contributed by atoms with Crippen molar-refractivity contribution in [3.8, 4) is 11.3 Å². The predicted molar refractivity (Wildman–Crippen MR) is 149 cm³/mol. The monoisotopic (exact) mass is 541 g/mol. The van der Waals surface area contributed by atoms with Crippen LogP contribution in [0.5, 0.6) is 0 Å². The number of anilines is 2. The average Bonchev–Trinajstić information content (AvgIpc) is 3.38.